The molecule has 0 saturated carbocycles. The Balaban J connectivity index is 0.00000289. The van der Waals surface area contributed by atoms with Crippen LogP contribution in [0.2, 0.25) is 0 Å². The topological polar surface area (TPSA) is 75.4 Å². The summed E-state index contributed by atoms with van der Waals surface area (Å²) in [6, 6.07) is -0.497. The van der Waals surface area contributed by atoms with Crippen molar-refractivity contribution in [3.63, 3.8) is 0 Å². The van der Waals surface area contributed by atoms with Crippen LogP contribution in [0.4, 0.5) is 0 Å². The first kappa shape index (κ1) is 17.2. The van der Waals surface area contributed by atoms with E-state index in [0.29, 0.717) is 0 Å². The van der Waals surface area contributed by atoms with Gasteiger partial charge in [-0.1, -0.05) is 0 Å². The highest BCUT2D eigenvalue weighted by Crippen LogP contribution is 2.10. The Bertz CT molecular complexity index is 296. The van der Waals surface area contributed by atoms with Gasteiger partial charge >= 0.3 is 0 Å². The van der Waals surface area contributed by atoms with Crippen molar-refractivity contribution < 1.29 is 9.59 Å². The van der Waals surface area contributed by atoms with Gasteiger partial charge in [-0.2, -0.15) is 0 Å². The van der Waals surface area contributed by atoms with Gasteiger partial charge in [-0.25, -0.2) is 0 Å². The predicted octanol–water partition coefficient (Wildman–Crippen LogP) is 0.663. The minimum atomic E-state index is -0.948. The number of likely N-dealkylation sites (tertiary alicyclic amines) is 1. The Morgan fingerprint density at radius 1 is 1.22 bits per heavy atom. The molecular formula is C12H24ClN3O2. The Labute approximate surface area is 115 Å². The molecule has 2 amide bonds. The standard InChI is InChI=1S/C12H23N3O2.ClH/c1-9(14-11(17)12(2,3)13)10(16)15-7-5-4-6-8-15;/h9H,4-8,13H2,1-3H3,(H,14,17);1H. The number of rotatable bonds is 3. The van der Waals surface area contributed by atoms with Crippen LogP contribution in [0.25, 0.3) is 0 Å². The molecule has 6 heteroatoms. The normalized spacial score (nSPS) is 17.7. The van der Waals surface area contributed by atoms with Crippen LogP contribution in [0, 0.1) is 0 Å². The Morgan fingerprint density at radius 3 is 2.17 bits per heavy atom. The Hall–Kier alpha value is -0.810. The van der Waals surface area contributed by atoms with Crippen LogP contribution in [0.5, 0.6) is 0 Å². The summed E-state index contributed by atoms with van der Waals surface area (Å²) in [6.07, 6.45) is 3.28. The molecule has 1 atom stereocenters. The maximum atomic E-state index is 12.0. The fraction of sp³-hybridized carbons (Fsp3) is 0.833. The number of halogens is 1. The van der Waals surface area contributed by atoms with Crippen molar-refractivity contribution >= 4 is 24.2 Å². The molecule has 1 rings (SSSR count). The van der Waals surface area contributed by atoms with Crippen LogP contribution in [0.1, 0.15) is 40.0 Å². The summed E-state index contributed by atoms with van der Waals surface area (Å²) in [5, 5.41) is 2.66. The van der Waals surface area contributed by atoms with E-state index < -0.39 is 11.6 Å². The lowest BCUT2D eigenvalue weighted by molar-refractivity contribution is -0.137. The number of nitrogens with one attached hydrogen (secondary N) is 1. The SMILES string of the molecule is CC(NC(=O)C(C)(C)N)C(=O)N1CCCCC1.Cl. The van der Waals surface area contributed by atoms with Crippen LogP contribution >= 0.6 is 12.4 Å². The molecule has 0 bridgehead atoms. The van der Waals surface area contributed by atoms with Gasteiger partial charge in [-0.15, -0.1) is 12.4 Å². The average molecular weight is 278 g/mol. The van der Waals surface area contributed by atoms with Crippen molar-refractivity contribution in [3.8, 4) is 0 Å². The summed E-state index contributed by atoms with van der Waals surface area (Å²) in [5.74, 6) is -0.308. The van der Waals surface area contributed by atoms with E-state index in [-0.39, 0.29) is 24.2 Å². The van der Waals surface area contributed by atoms with E-state index in [1.54, 1.807) is 20.8 Å². The molecule has 106 valence electrons. The fourth-order valence-corrected chi connectivity index (χ4v) is 1.83. The van der Waals surface area contributed by atoms with E-state index in [0.717, 1.165) is 25.9 Å². The molecule has 0 aromatic carbocycles. The second-order valence-electron chi connectivity index (χ2n) is 5.30. The van der Waals surface area contributed by atoms with Gasteiger partial charge in [0.25, 0.3) is 0 Å². The van der Waals surface area contributed by atoms with Crippen molar-refractivity contribution in [2.75, 3.05) is 13.1 Å². The van der Waals surface area contributed by atoms with Crippen molar-refractivity contribution in [1.29, 1.82) is 0 Å². The molecule has 1 heterocycles. The minimum Gasteiger partial charge on any atom is -0.343 e. The van der Waals surface area contributed by atoms with Gasteiger partial charge in [0, 0.05) is 13.1 Å². The van der Waals surface area contributed by atoms with Gasteiger partial charge in [0.1, 0.15) is 6.04 Å². The lowest BCUT2D eigenvalue weighted by Crippen LogP contribution is -2.55. The first-order valence-electron chi connectivity index (χ1n) is 6.21. The zero-order valence-corrected chi connectivity index (χ0v) is 12.2. The highest BCUT2D eigenvalue weighted by Gasteiger charge is 2.28. The number of carbonyl (C=O) groups is 2. The molecule has 3 N–H and O–H groups in total. The summed E-state index contributed by atoms with van der Waals surface area (Å²) < 4.78 is 0. The van der Waals surface area contributed by atoms with Crippen LogP contribution in [0.15, 0.2) is 0 Å². The molecule has 1 saturated heterocycles. The van der Waals surface area contributed by atoms with E-state index in [1.807, 2.05) is 4.90 Å². The maximum Gasteiger partial charge on any atom is 0.244 e. The zero-order chi connectivity index (χ0) is 13.1. The molecule has 18 heavy (non-hydrogen) atoms. The van der Waals surface area contributed by atoms with Gasteiger partial charge in [-0.3, -0.25) is 9.59 Å². The minimum absolute atomic E-state index is 0. The maximum absolute atomic E-state index is 12.0. The molecule has 0 aromatic rings. The number of hydrogen-bond acceptors (Lipinski definition) is 3. The third kappa shape index (κ3) is 4.82. The summed E-state index contributed by atoms with van der Waals surface area (Å²) in [5.41, 5.74) is 4.72. The van der Waals surface area contributed by atoms with E-state index in [9.17, 15) is 9.59 Å². The number of hydrogen-bond donors (Lipinski definition) is 2. The van der Waals surface area contributed by atoms with Crippen LogP contribution in [-0.4, -0.2) is 41.4 Å². The first-order chi connectivity index (χ1) is 7.82. The molecule has 5 nitrogen and oxygen atoms in total. The third-order valence-electron chi connectivity index (χ3n) is 2.97. The highest BCUT2D eigenvalue weighted by atomic mass is 35.5. The quantitative estimate of drug-likeness (QED) is 0.796. The molecule has 0 aliphatic carbocycles. The molecule has 1 unspecified atom stereocenters. The molecular weight excluding hydrogens is 254 g/mol. The van der Waals surface area contributed by atoms with E-state index in [2.05, 4.69) is 5.32 Å². The molecule has 0 radical (unpaired) electrons. The predicted molar refractivity (Wildman–Crippen MR) is 73.6 cm³/mol. The largest absolute Gasteiger partial charge is 0.343 e. The zero-order valence-electron chi connectivity index (χ0n) is 11.4. The van der Waals surface area contributed by atoms with E-state index in [1.165, 1.54) is 6.42 Å². The number of nitrogens with two attached hydrogens (primary N) is 1. The van der Waals surface area contributed by atoms with Crippen molar-refractivity contribution in [2.24, 2.45) is 5.73 Å². The Kier molecular flexibility index (Phi) is 6.63. The van der Waals surface area contributed by atoms with Crippen molar-refractivity contribution in [2.45, 2.75) is 51.6 Å². The van der Waals surface area contributed by atoms with E-state index >= 15 is 0 Å². The smallest absolute Gasteiger partial charge is 0.244 e. The van der Waals surface area contributed by atoms with Crippen molar-refractivity contribution in [3.05, 3.63) is 0 Å². The number of carbonyl (C=O) groups excluding carboxylic acids is 2. The van der Waals surface area contributed by atoms with E-state index in [4.69, 9.17) is 5.73 Å². The number of nitrogens with zero attached hydrogens (tertiary/aromatic N) is 1. The van der Waals surface area contributed by atoms with Gasteiger partial charge in [0.05, 0.1) is 5.54 Å². The van der Waals surface area contributed by atoms with Crippen LogP contribution in [0.3, 0.4) is 0 Å². The van der Waals surface area contributed by atoms with Gasteiger partial charge in [-0.05, 0) is 40.0 Å². The fourth-order valence-electron chi connectivity index (χ4n) is 1.83. The first-order valence-corrected chi connectivity index (χ1v) is 6.21. The second-order valence-corrected chi connectivity index (χ2v) is 5.30. The lowest BCUT2D eigenvalue weighted by Gasteiger charge is -2.30. The summed E-state index contributed by atoms with van der Waals surface area (Å²) in [4.78, 5) is 25.5. The van der Waals surface area contributed by atoms with Crippen molar-refractivity contribution in [1.82, 2.24) is 10.2 Å². The average Bonchev–Trinajstić information content (AvgIpc) is 2.27. The molecule has 1 fully saturated rings. The summed E-state index contributed by atoms with van der Waals surface area (Å²) >= 11 is 0. The van der Waals surface area contributed by atoms with Crippen LogP contribution < -0.4 is 11.1 Å². The molecule has 0 aromatic heterocycles. The molecule has 1 aliphatic heterocycles. The number of amides is 2. The second kappa shape index (κ2) is 6.95. The monoisotopic (exact) mass is 277 g/mol. The molecule has 1 aliphatic rings. The van der Waals surface area contributed by atoms with Gasteiger partial charge in [0.2, 0.25) is 11.8 Å². The van der Waals surface area contributed by atoms with Gasteiger partial charge in [0.15, 0.2) is 0 Å². The lowest BCUT2D eigenvalue weighted by atomic mass is 10.1. The summed E-state index contributed by atoms with van der Waals surface area (Å²) in [7, 11) is 0. The van der Waals surface area contributed by atoms with Gasteiger partial charge < -0.3 is 16.0 Å². The molecule has 0 spiro atoms. The highest BCUT2D eigenvalue weighted by molar-refractivity contribution is 5.91. The third-order valence-corrected chi connectivity index (χ3v) is 2.97. The summed E-state index contributed by atoms with van der Waals surface area (Å²) in [6.45, 7) is 6.55. The van der Waals surface area contributed by atoms with Crippen LogP contribution in [-0.2, 0) is 9.59 Å². The number of piperidine rings is 1. The Morgan fingerprint density at radius 2 is 1.72 bits per heavy atom.